The molecular weight excluding hydrogens is 262 g/mol. The molecule has 0 amide bonds. The summed E-state index contributed by atoms with van der Waals surface area (Å²) in [5, 5.41) is 10.5. The smallest absolute Gasteiger partial charge is 0.225 e. The summed E-state index contributed by atoms with van der Waals surface area (Å²) in [6.07, 6.45) is 0. The minimum absolute atomic E-state index is 0.0992. The molecule has 3 nitrogen and oxygen atoms in total. The maximum absolute atomic E-state index is 9.53. The van der Waals surface area contributed by atoms with E-state index in [1.807, 2.05) is 55.5 Å². The van der Waals surface area contributed by atoms with Crippen LogP contribution in [-0.4, -0.2) is 10.1 Å². The summed E-state index contributed by atoms with van der Waals surface area (Å²) < 4.78 is 5.87. The number of hydrogen-bond acceptors (Lipinski definition) is 3. The van der Waals surface area contributed by atoms with Gasteiger partial charge in [-0.25, -0.2) is 4.98 Å². The maximum Gasteiger partial charge on any atom is 0.225 e. The molecule has 0 saturated carbocycles. The number of fused-ring (bicyclic) bond motifs is 1. The van der Waals surface area contributed by atoms with Crippen molar-refractivity contribution in [2.24, 2.45) is 0 Å². The Labute approximate surface area is 123 Å². The van der Waals surface area contributed by atoms with Crippen molar-refractivity contribution >= 4 is 10.9 Å². The van der Waals surface area contributed by atoms with Crippen LogP contribution in [0.1, 0.15) is 16.7 Å². The molecule has 1 N–H and O–H groups in total. The first-order valence-electron chi connectivity index (χ1n) is 6.92. The SMILES string of the molecule is Cc1ccc(Oc2nc3ccccc3cc2CO)cc1C. The molecular formula is C18H17NO2. The van der Waals surface area contributed by atoms with Gasteiger partial charge in [0, 0.05) is 10.9 Å². The van der Waals surface area contributed by atoms with Crippen molar-refractivity contribution in [3.8, 4) is 11.6 Å². The van der Waals surface area contributed by atoms with E-state index in [9.17, 15) is 5.11 Å². The molecule has 1 heterocycles. The topological polar surface area (TPSA) is 42.4 Å². The molecule has 2 aromatic carbocycles. The van der Waals surface area contributed by atoms with Gasteiger partial charge in [0.1, 0.15) is 5.75 Å². The van der Waals surface area contributed by atoms with E-state index in [0.29, 0.717) is 11.4 Å². The zero-order valence-electron chi connectivity index (χ0n) is 12.1. The fraction of sp³-hybridized carbons (Fsp3) is 0.167. The van der Waals surface area contributed by atoms with Crippen LogP contribution in [0.4, 0.5) is 0 Å². The fourth-order valence-corrected chi connectivity index (χ4v) is 2.23. The molecule has 0 fully saturated rings. The van der Waals surface area contributed by atoms with E-state index in [-0.39, 0.29) is 6.61 Å². The number of para-hydroxylation sites is 1. The number of aliphatic hydroxyl groups excluding tert-OH is 1. The first kappa shape index (κ1) is 13.6. The predicted molar refractivity (Wildman–Crippen MR) is 83.7 cm³/mol. The molecule has 0 bridgehead atoms. The summed E-state index contributed by atoms with van der Waals surface area (Å²) in [4.78, 5) is 4.51. The van der Waals surface area contributed by atoms with Gasteiger partial charge >= 0.3 is 0 Å². The third-order valence-corrected chi connectivity index (χ3v) is 3.63. The van der Waals surface area contributed by atoms with Crippen molar-refractivity contribution in [2.45, 2.75) is 20.5 Å². The summed E-state index contributed by atoms with van der Waals surface area (Å²) in [7, 11) is 0. The number of aromatic nitrogens is 1. The number of aliphatic hydroxyl groups is 1. The van der Waals surface area contributed by atoms with Crippen molar-refractivity contribution in [3.05, 3.63) is 65.2 Å². The highest BCUT2D eigenvalue weighted by Crippen LogP contribution is 2.28. The highest BCUT2D eigenvalue weighted by Gasteiger charge is 2.09. The Morgan fingerprint density at radius 3 is 2.57 bits per heavy atom. The molecule has 0 atom stereocenters. The zero-order valence-corrected chi connectivity index (χ0v) is 12.1. The lowest BCUT2D eigenvalue weighted by Gasteiger charge is -2.11. The molecule has 106 valence electrons. The van der Waals surface area contributed by atoms with E-state index < -0.39 is 0 Å². The quantitative estimate of drug-likeness (QED) is 0.783. The number of nitrogens with zero attached hydrogens (tertiary/aromatic N) is 1. The lowest BCUT2D eigenvalue weighted by Crippen LogP contribution is -1.96. The van der Waals surface area contributed by atoms with Gasteiger partial charge in [-0.1, -0.05) is 24.3 Å². The van der Waals surface area contributed by atoms with Gasteiger partial charge in [-0.05, 0) is 49.2 Å². The van der Waals surface area contributed by atoms with Crippen LogP contribution in [0.15, 0.2) is 48.5 Å². The van der Waals surface area contributed by atoms with Crippen LogP contribution in [-0.2, 0) is 6.61 Å². The van der Waals surface area contributed by atoms with Gasteiger partial charge in [0.25, 0.3) is 0 Å². The Kier molecular flexibility index (Phi) is 3.59. The highest BCUT2D eigenvalue weighted by atomic mass is 16.5. The van der Waals surface area contributed by atoms with E-state index in [1.54, 1.807) is 0 Å². The van der Waals surface area contributed by atoms with E-state index in [0.717, 1.165) is 16.7 Å². The van der Waals surface area contributed by atoms with E-state index in [2.05, 4.69) is 11.9 Å². The number of benzene rings is 2. The maximum atomic E-state index is 9.53. The van der Waals surface area contributed by atoms with E-state index >= 15 is 0 Å². The molecule has 0 aliphatic carbocycles. The second-order valence-electron chi connectivity index (χ2n) is 5.15. The molecule has 1 aromatic heterocycles. The van der Waals surface area contributed by atoms with Crippen molar-refractivity contribution in [2.75, 3.05) is 0 Å². The van der Waals surface area contributed by atoms with Crippen LogP contribution in [0, 0.1) is 13.8 Å². The summed E-state index contributed by atoms with van der Waals surface area (Å²) in [5.41, 5.74) is 3.93. The monoisotopic (exact) mass is 279 g/mol. The standard InChI is InChI=1S/C18H17NO2/c1-12-7-8-16(9-13(12)2)21-18-15(11-20)10-14-5-3-4-6-17(14)19-18/h3-10,20H,11H2,1-2H3. The van der Waals surface area contributed by atoms with E-state index in [1.165, 1.54) is 11.1 Å². The molecule has 3 rings (SSSR count). The summed E-state index contributed by atoms with van der Waals surface area (Å²) in [5.74, 6) is 1.19. The minimum atomic E-state index is -0.0992. The second kappa shape index (κ2) is 5.54. The summed E-state index contributed by atoms with van der Waals surface area (Å²) in [6, 6.07) is 15.6. The average molecular weight is 279 g/mol. The number of aryl methyl sites for hydroxylation is 2. The molecule has 0 aliphatic heterocycles. The van der Waals surface area contributed by atoms with Gasteiger partial charge in [-0.15, -0.1) is 0 Å². The van der Waals surface area contributed by atoms with Crippen LogP contribution in [0.2, 0.25) is 0 Å². The molecule has 0 aliphatic rings. The lowest BCUT2D eigenvalue weighted by molar-refractivity contribution is 0.275. The molecule has 0 saturated heterocycles. The second-order valence-corrected chi connectivity index (χ2v) is 5.15. The Hall–Kier alpha value is -2.39. The van der Waals surface area contributed by atoms with Crippen LogP contribution in [0.5, 0.6) is 11.6 Å². The third-order valence-electron chi connectivity index (χ3n) is 3.63. The lowest BCUT2D eigenvalue weighted by atomic mass is 10.1. The molecule has 0 spiro atoms. The van der Waals surface area contributed by atoms with Crippen molar-refractivity contribution in [1.29, 1.82) is 0 Å². The molecule has 0 radical (unpaired) electrons. The van der Waals surface area contributed by atoms with Gasteiger partial charge in [0.15, 0.2) is 0 Å². The average Bonchev–Trinajstić information content (AvgIpc) is 2.50. The number of hydrogen-bond donors (Lipinski definition) is 1. The third kappa shape index (κ3) is 2.73. The number of pyridine rings is 1. The first-order valence-corrected chi connectivity index (χ1v) is 6.92. The van der Waals surface area contributed by atoms with Crippen molar-refractivity contribution < 1.29 is 9.84 Å². The van der Waals surface area contributed by atoms with E-state index in [4.69, 9.17) is 4.74 Å². The van der Waals surface area contributed by atoms with Crippen LogP contribution in [0.25, 0.3) is 10.9 Å². The Morgan fingerprint density at radius 2 is 1.81 bits per heavy atom. The normalized spacial score (nSPS) is 10.8. The molecule has 3 heteroatoms. The summed E-state index contributed by atoms with van der Waals surface area (Å²) >= 11 is 0. The number of ether oxygens (including phenoxy) is 1. The van der Waals surface area contributed by atoms with Gasteiger partial charge in [0.2, 0.25) is 5.88 Å². The molecule has 0 unspecified atom stereocenters. The fourth-order valence-electron chi connectivity index (χ4n) is 2.23. The Morgan fingerprint density at radius 1 is 1.00 bits per heavy atom. The van der Waals surface area contributed by atoms with Crippen LogP contribution >= 0.6 is 0 Å². The Balaban J connectivity index is 2.04. The van der Waals surface area contributed by atoms with Gasteiger partial charge in [-0.2, -0.15) is 0 Å². The van der Waals surface area contributed by atoms with Crippen LogP contribution in [0.3, 0.4) is 0 Å². The number of rotatable bonds is 3. The zero-order chi connectivity index (χ0) is 14.8. The van der Waals surface area contributed by atoms with Gasteiger partial charge in [0.05, 0.1) is 12.1 Å². The largest absolute Gasteiger partial charge is 0.439 e. The predicted octanol–water partition coefficient (Wildman–Crippen LogP) is 4.14. The van der Waals surface area contributed by atoms with Crippen molar-refractivity contribution in [1.82, 2.24) is 4.98 Å². The van der Waals surface area contributed by atoms with Crippen LogP contribution < -0.4 is 4.74 Å². The van der Waals surface area contributed by atoms with Gasteiger partial charge in [-0.3, -0.25) is 0 Å². The molecule has 21 heavy (non-hydrogen) atoms. The summed E-state index contributed by atoms with van der Waals surface area (Å²) in [6.45, 7) is 4.01. The first-order chi connectivity index (χ1) is 10.2. The Bertz CT molecular complexity index is 796. The van der Waals surface area contributed by atoms with Crippen molar-refractivity contribution in [3.63, 3.8) is 0 Å². The highest BCUT2D eigenvalue weighted by molar-refractivity contribution is 5.80. The molecule has 3 aromatic rings. The van der Waals surface area contributed by atoms with Gasteiger partial charge < -0.3 is 9.84 Å². The minimum Gasteiger partial charge on any atom is -0.439 e.